The average molecular weight is 408 g/mol. The summed E-state index contributed by atoms with van der Waals surface area (Å²) in [6.45, 7) is 5.78. The van der Waals surface area contributed by atoms with Gasteiger partial charge >= 0.3 is 0 Å². The zero-order valence-electron chi connectivity index (χ0n) is 16.4. The van der Waals surface area contributed by atoms with Crippen LogP contribution in [0.15, 0.2) is 42.5 Å². The van der Waals surface area contributed by atoms with Crippen LogP contribution in [0, 0.1) is 0 Å². The van der Waals surface area contributed by atoms with Gasteiger partial charge < -0.3 is 28.8 Å². The van der Waals surface area contributed by atoms with Gasteiger partial charge in [-0.15, -0.1) is 0 Å². The normalized spacial score (nSPS) is 12.9. The summed E-state index contributed by atoms with van der Waals surface area (Å²) in [5, 5.41) is 3.40. The Morgan fingerprint density at radius 2 is 1.82 bits per heavy atom. The Balaban J connectivity index is 1.83. The largest absolute Gasteiger partial charge is 0.755 e. The SMILES string of the molecule is CCOc1ccccc1OCCN[C@H](C)Cc1ccc(OC)c(NS(=O)[O-])c1. The molecule has 0 saturated carbocycles. The van der Waals surface area contributed by atoms with E-state index in [1.807, 2.05) is 37.3 Å². The lowest BCUT2D eigenvalue weighted by Crippen LogP contribution is -2.31. The molecule has 8 heteroatoms. The fourth-order valence-corrected chi connectivity index (χ4v) is 3.13. The Morgan fingerprint density at radius 1 is 1.11 bits per heavy atom. The van der Waals surface area contributed by atoms with Crippen molar-refractivity contribution in [3.05, 3.63) is 48.0 Å². The highest BCUT2D eigenvalue weighted by molar-refractivity contribution is 7.80. The molecule has 2 rings (SSSR count). The second-order valence-electron chi connectivity index (χ2n) is 6.16. The third-order valence-corrected chi connectivity index (χ3v) is 4.39. The lowest BCUT2D eigenvalue weighted by Gasteiger charge is -2.17. The van der Waals surface area contributed by atoms with Crippen molar-refractivity contribution in [1.29, 1.82) is 0 Å². The van der Waals surface area contributed by atoms with Crippen LogP contribution in [0.25, 0.3) is 0 Å². The van der Waals surface area contributed by atoms with Crippen molar-refractivity contribution in [2.24, 2.45) is 0 Å². The van der Waals surface area contributed by atoms with Gasteiger partial charge in [-0.3, -0.25) is 4.21 Å². The van der Waals surface area contributed by atoms with Crippen molar-refractivity contribution in [3.8, 4) is 17.2 Å². The van der Waals surface area contributed by atoms with E-state index in [0.717, 1.165) is 23.5 Å². The summed E-state index contributed by atoms with van der Waals surface area (Å²) in [5.41, 5.74) is 1.42. The molecule has 154 valence electrons. The lowest BCUT2D eigenvalue weighted by atomic mass is 10.1. The summed E-state index contributed by atoms with van der Waals surface area (Å²) >= 11 is -2.40. The maximum absolute atomic E-state index is 10.9. The fourth-order valence-electron chi connectivity index (χ4n) is 2.79. The van der Waals surface area contributed by atoms with Crippen LogP contribution in [0.5, 0.6) is 17.2 Å². The minimum atomic E-state index is -2.40. The summed E-state index contributed by atoms with van der Waals surface area (Å²) in [6.07, 6.45) is 0.736. The molecule has 2 aromatic carbocycles. The van der Waals surface area contributed by atoms with Crippen LogP contribution < -0.4 is 24.2 Å². The molecule has 0 saturated heterocycles. The van der Waals surface area contributed by atoms with Gasteiger partial charge in [-0.2, -0.15) is 0 Å². The standard InChI is InChI=1S/C20H28N2O5S/c1-4-26-19-7-5-6-8-20(19)27-12-11-21-15(2)13-16-9-10-18(25-3)17(14-16)22-28(23)24/h5-10,14-15,21-22H,4,11-13H2,1-3H3,(H,23,24)/p-1/t15-/m1/s1. The van der Waals surface area contributed by atoms with Crippen molar-refractivity contribution in [1.82, 2.24) is 5.32 Å². The molecule has 0 fully saturated rings. The summed E-state index contributed by atoms with van der Waals surface area (Å²) in [4.78, 5) is 0. The molecule has 0 aliphatic carbocycles. The van der Waals surface area contributed by atoms with Crippen molar-refractivity contribution in [3.63, 3.8) is 0 Å². The third kappa shape index (κ3) is 7.03. The van der Waals surface area contributed by atoms with E-state index in [1.54, 1.807) is 12.1 Å². The third-order valence-electron chi connectivity index (χ3n) is 4.00. The molecular formula is C20H27N2O5S-. The number of hydrogen-bond donors (Lipinski definition) is 2. The van der Waals surface area contributed by atoms with Gasteiger partial charge in [0, 0.05) is 23.9 Å². The van der Waals surface area contributed by atoms with Crippen LogP contribution in [-0.2, 0) is 17.7 Å². The number of rotatable bonds is 12. The molecule has 7 nitrogen and oxygen atoms in total. The summed E-state index contributed by atoms with van der Waals surface area (Å²) < 4.78 is 40.7. The average Bonchev–Trinajstić information content (AvgIpc) is 2.66. The van der Waals surface area contributed by atoms with Gasteiger partial charge in [0.25, 0.3) is 0 Å². The second kappa shape index (κ2) is 11.5. The van der Waals surface area contributed by atoms with Crippen LogP contribution in [0.1, 0.15) is 19.4 Å². The molecule has 28 heavy (non-hydrogen) atoms. The summed E-state index contributed by atoms with van der Waals surface area (Å²) in [7, 11) is 1.50. The fraction of sp³-hybridized carbons (Fsp3) is 0.400. The molecule has 1 unspecified atom stereocenters. The first-order chi connectivity index (χ1) is 13.5. The van der Waals surface area contributed by atoms with Crippen LogP contribution in [-0.4, -0.2) is 41.7 Å². The topological polar surface area (TPSA) is 91.9 Å². The second-order valence-corrected chi connectivity index (χ2v) is 6.83. The Morgan fingerprint density at radius 3 is 2.46 bits per heavy atom. The van der Waals surface area contributed by atoms with Gasteiger partial charge in [0.2, 0.25) is 0 Å². The van der Waals surface area contributed by atoms with E-state index < -0.39 is 11.3 Å². The van der Waals surface area contributed by atoms with Crippen molar-refractivity contribution < 1.29 is 23.0 Å². The van der Waals surface area contributed by atoms with Gasteiger partial charge in [-0.05, 0) is 50.1 Å². The highest BCUT2D eigenvalue weighted by atomic mass is 32.2. The summed E-state index contributed by atoms with van der Waals surface area (Å²) in [6, 6.07) is 13.2. The van der Waals surface area contributed by atoms with Crippen molar-refractivity contribution >= 4 is 17.0 Å². The van der Waals surface area contributed by atoms with Crippen LogP contribution in [0.4, 0.5) is 5.69 Å². The molecule has 2 aromatic rings. The van der Waals surface area contributed by atoms with Crippen LogP contribution in [0.2, 0.25) is 0 Å². The van der Waals surface area contributed by atoms with Crippen LogP contribution >= 0.6 is 0 Å². The van der Waals surface area contributed by atoms with Gasteiger partial charge in [0.15, 0.2) is 11.5 Å². The van der Waals surface area contributed by atoms with E-state index in [4.69, 9.17) is 14.2 Å². The van der Waals surface area contributed by atoms with Gasteiger partial charge in [-0.25, -0.2) is 0 Å². The van der Waals surface area contributed by atoms with Crippen molar-refractivity contribution in [2.75, 3.05) is 31.6 Å². The van der Waals surface area contributed by atoms with E-state index in [-0.39, 0.29) is 6.04 Å². The van der Waals surface area contributed by atoms with E-state index in [9.17, 15) is 8.76 Å². The molecule has 0 bridgehead atoms. The predicted molar refractivity (Wildman–Crippen MR) is 110 cm³/mol. The molecular weight excluding hydrogens is 380 g/mol. The minimum Gasteiger partial charge on any atom is -0.755 e. The molecule has 0 aromatic heterocycles. The molecule has 0 aliphatic heterocycles. The first kappa shape index (κ1) is 22.0. The Labute approximate surface area is 168 Å². The van der Waals surface area contributed by atoms with Gasteiger partial charge in [-0.1, -0.05) is 18.2 Å². The number of methoxy groups -OCH3 is 1. The van der Waals surface area contributed by atoms with E-state index in [1.165, 1.54) is 7.11 Å². The van der Waals surface area contributed by atoms with Gasteiger partial charge in [0.05, 0.1) is 19.4 Å². The predicted octanol–water partition coefficient (Wildman–Crippen LogP) is 2.90. The molecule has 0 spiro atoms. The zero-order chi connectivity index (χ0) is 20.4. The maximum atomic E-state index is 10.9. The number of anilines is 1. The Hall–Kier alpha value is -2.29. The van der Waals surface area contributed by atoms with E-state index in [0.29, 0.717) is 31.2 Å². The highest BCUT2D eigenvalue weighted by Crippen LogP contribution is 2.27. The molecule has 0 radical (unpaired) electrons. The minimum absolute atomic E-state index is 0.185. The Kier molecular flexibility index (Phi) is 9.06. The van der Waals surface area contributed by atoms with E-state index in [2.05, 4.69) is 17.0 Å². The number of benzene rings is 2. The van der Waals surface area contributed by atoms with Crippen molar-refractivity contribution in [2.45, 2.75) is 26.3 Å². The van der Waals surface area contributed by atoms with E-state index >= 15 is 0 Å². The van der Waals surface area contributed by atoms with Crippen LogP contribution in [0.3, 0.4) is 0 Å². The number of hydrogen-bond acceptors (Lipinski definition) is 6. The molecule has 0 aliphatic rings. The molecule has 2 N–H and O–H groups in total. The smallest absolute Gasteiger partial charge is 0.161 e. The first-order valence-corrected chi connectivity index (χ1v) is 10.2. The maximum Gasteiger partial charge on any atom is 0.161 e. The molecule has 0 heterocycles. The lowest BCUT2D eigenvalue weighted by molar-refractivity contribution is 0.272. The summed E-state index contributed by atoms with van der Waals surface area (Å²) in [5.74, 6) is 1.96. The number of nitrogens with one attached hydrogen (secondary N) is 2. The number of ether oxygens (including phenoxy) is 3. The first-order valence-electron chi connectivity index (χ1n) is 9.14. The monoisotopic (exact) mass is 407 g/mol. The quantitative estimate of drug-likeness (QED) is 0.415. The highest BCUT2D eigenvalue weighted by Gasteiger charge is 2.08. The van der Waals surface area contributed by atoms with Gasteiger partial charge in [0.1, 0.15) is 12.4 Å². The zero-order valence-corrected chi connectivity index (χ0v) is 17.2. The number of para-hydroxylation sites is 2. The molecule has 2 atom stereocenters. The molecule has 0 amide bonds. The Bertz CT molecular complexity index is 772.